The number of hydrogen-bond acceptors (Lipinski definition) is 2. The first-order chi connectivity index (χ1) is 25.9. The van der Waals surface area contributed by atoms with E-state index < -0.39 is 8.07 Å². The van der Waals surface area contributed by atoms with Gasteiger partial charge in [0, 0.05) is 31.2 Å². The van der Waals surface area contributed by atoms with Crippen LogP contribution in [0.25, 0.3) is 0 Å². The van der Waals surface area contributed by atoms with Gasteiger partial charge in [0.2, 0.25) is 0 Å². The zero-order valence-electron chi connectivity index (χ0n) is 36.5. The van der Waals surface area contributed by atoms with Crippen LogP contribution in [0.4, 0.5) is 0 Å². The quantitative estimate of drug-likeness (QED) is 0.107. The Morgan fingerprint density at radius 1 is 0.474 bits per heavy atom. The molecule has 6 heteroatoms. The van der Waals surface area contributed by atoms with Crippen LogP contribution in [0.15, 0.2) is 103 Å². The Bertz CT molecular complexity index is 2250. The molecule has 0 bridgehead atoms. The van der Waals surface area contributed by atoms with Gasteiger partial charge in [-0.1, -0.05) is 243 Å². The Labute approximate surface area is 369 Å². The molecular weight excluding hydrogens is 824 g/mol. The van der Waals surface area contributed by atoms with E-state index in [1.54, 1.807) is 0 Å². The molecule has 6 rings (SSSR count). The minimum absolute atomic E-state index is 0. The van der Waals surface area contributed by atoms with Gasteiger partial charge in [0.05, 0.1) is 0 Å². The monoisotopic (exact) mass is 883 g/mol. The summed E-state index contributed by atoms with van der Waals surface area (Å²) in [5, 5.41) is 1.26. The molecule has 0 amide bonds. The Kier molecular flexibility index (Phi) is 17.1. The van der Waals surface area contributed by atoms with Gasteiger partial charge in [0.1, 0.15) is 8.07 Å². The minimum Gasteiger partial charge on any atom is -0.271 e. The summed E-state index contributed by atoms with van der Waals surface area (Å²) in [5.74, 6) is 2.51. The van der Waals surface area contributed by atoms with Gasteiger partial charge in [0.25, 0.3) is 0 Å². The van der Waals surface area contributed by atoms with E-state index in [1.165, 1.54) is 95.2 Å². The van der Waals surface area contributed by atoms with Crippen molar-refractivity contribution in [2.45, 2.75) is 101 Å². The van der Waals surface area contributed by atoms with Gasteiger partial charge in [-0.05, 0) is 32.9 Å². The van der Waals surface area contributed by atoms with Crippen LogP contribution >= 0.6 is 0 Å². The number of rotatable bonds is 9. The van der Waals surface area contributed by atoms with Crippen LogP contribution in [0.2, 0.25) is 32.7 Å². The first kappa shape index (κ1) is 47.8. The molecule has 6 aromatic rings. The van der Waals surface area contributed by atoms with Gasteiger partial charge >= 0.3 is 34.1 Å². The van der Waals surface area contributed by atoms with Gasteiger partial charge in [-0.2, -0.15) is 0 Å². The van der Waals surface area contributed by atoms with Crippen LogP contribution < -0.4 is 5.32 Å². The second kappa shape index (κ2) is 20.4. The molecule has 0 unspecified atom stereocenters. The van der Waals surface area contributed by atoms with Gasteiger partial charge < -0.3 is 0 Å². The van der Waals surface area contributed by atoms with Gasteiger partial charge in [-0.15, -0.1) is 12.1 Å². The molecule has 2 nitrogen and oxygen atoms in total. The average molecular weight is 885 g/mol. The van der Waals surface area contributed by atoms with Crippen molar-refractivity contribution in [2.75, 3.05) is 0 Å². The number of aryl methyl sites for hydroxylation is 9. The molecule has 0 aliphatic heterocycles. The van der Waals surface area contributed by atoms with Crippen LogP contribution in [0.3, 0.4) is 0 Å². The summed E-state index contributed by atoms with van der Waals surface area (Å²) in [4.78, 5) is 10.3. The Hall–Kier alpha value is -3.61. The van der Waals surface area contributed by atoms with Gasteiger partial charge in [0.15, 0.2) is 0 Å². The van der Waals surface area contributed by atoms with Crippen molar-refractivity contribution >= 4 is 22.2 Å². The van der Waals surface area contributed by atoms with Crippen molar-refractivity contribution in [3.63, 3.8) is 0 Å². The van der Waals surface area contributed by atoms with Crippen molar-refractivity contribution in [3.8, 4) is 0 Å². The second-order valence-corrected chi connectivity index (χ2v) is 24.8. The summed E-state index contributed by atoms with van der Waals surface area (Å²) in [5.41, 5.74) is 20.3. The molecule has 0 saturated heterocycles. The Morgan fingerprint density at radius 3 is 1.35 bits per heavy atom. The molecule has 4 aromatic carbocycles. The minimum atomic E-state index is -1.49. The summed E-state index contributed by atoms with van der Waals surface area (Å²) in [7, 11) is -1.85. The maximum absolute atomic E-state index is 5.17. The van der Waals surface area contributed by atoms with E-state index in [1.807, 2.05) is 0 Å². The van der Waals surface area contributed by atoms with Crippen LogP contribution in [0.5, 0.6) is 0 Å². The second-order valence-electron chi connectivity index (χ2n) is 17.0. The molecule has 0 aliphatic carbocycles. The molecule has 2 heterocycles. The van der Waals surface area contributed by atoms with Crippen LogP contribution in [-0.2, 0) is 40.2 Å². The van der Waals surface area contributed by atoms with Crippen LogP contribution in [-0.4, -0.2) is 26.8 Å². The zero-order chi connectivity index (χ0) is 40.2. The van der Waals surface area contributed by atoms with Gasteiger partial charge in [-0.3, -0.25) is 9.97 Å². The molecule has 0 spiro atoms. The molecular formula is C51H61Cu2N2Si2. The number of hydrogen-bond donors (Lipinski definition) is 0. The topological polar surface area (TPSA) is 25.8 Å². The summed E-state index contributed by atoms with van der Waals surface area (Å²) in [6.07, 6.45) is 0. The molecule has 0 aliphatic rings. The maximum Gasteiger partial charge on any atom is 1.00 e. The summed E-state index contributed by atoms with van der Waals surface area (Å²) in [6, 6.07) is 38.8. The first-order valence-corrected chi connectivity index (χ1v) is 25.9. The zero-order valence-corrected chi connectivity index (χ0v) is 40.4. The predicted octanol–water partition coefficient (Wildman–Crippen LogP) is 12.4. The fraction of sp³-hybridized carbons (Fsp3) is 0.294. The smallest absolute Gasteiger partial charge is 0.271 e. The summed E-state index contributed by atoms with van der Waals surface area (Å²) < 4.78 is 0. The van der Waals surface area contributed by atoms with E-state index in [4.69, 9.17) is 9.97 Å². The van der Waals surface area contributed by atoms with E-state index in [-0.39, 0.29) is 42.9 Å². The number of pyridine rings is 2. The van der Waals surface area contributed by atoms with Crippen molar-refractivity contribution in [3.05, 3.63) is 204 Å². The van der Waals surface area contributed by atoms with Crippen molar-refractivity contribution < 1.29 is 34.1 Å². The standard InChI is InChI=1S/C26H31NSi.C25H30NSi.2Cu/c1-17-11-12-23(19(3)13-17)26(25-20(4)14-18(2)15-21(25)5)24-10-8-9-22(27-24)16-28(6)7;1-17-14-15-21(20(4)16-17)25(24-18(2)10-8-11-19(24)3)22-12-9-13-23(26-22)27(5,6)7;;/h8-15H,16H2,1-7H3;8-16H,1-7H3;;/q2*-1;2*+1. The molecule has 2 aromatic heterocycles. The Balaban J connectivity index is 0.000000295. The van der Waals surface area contributed by atoms with E-state index >= 15 is 0 Å². The summed E-state index contributed by atoms with van der Waals surface area (Å²) >= 11 is 0. The van der Waals surface area contributed by atoms with Crippen molar-refractivity contribution in [2.24, 2.45) is 0 Å². The fourth-order valence-electron chi connectivity index (χ4n) is 7.84. The van der Waals surface area contributed by atoms with E-state index in [0.717, 1.165) is 17.4 Å². The third kappa shape index (κ3) is 11.8. The van der Waals surface area contributed by atoms with Crippen molar-refractivity contribution in [1.29, 1.82) is 0 Å². The molecule has 0 fully saturated rings. The molecule has 0 atom stereocenters. The van der Waals surface area contributed by atoms with E-state index in [9.17, 15) is 0 Å². The molecule has 0 N–H and O–H groups in total. The largest absolute Gasteiger partial charge is 1.00 e. The van der Waals surface area contributed by atoms with Crippen LogP contribution in [0.1, 0.15) is 89.4 Å². The van der Waals surface area contributed by atoms with Crippen LogP contribution in [0, 0.1) is 74.1 Å². The molecule has 0 saturated carbocycles. The number of aromatic nitrogens is 2. The number of nitrogens with zero attached hydrogens (tertiary/aromatic N) is 2. The third-order valence-electron chi connectivity index (χ3n) is 10.3. The van der Waals surface area contributed by atoms with E-state index in [0.29, 0.717) is 0 Å². The fourth-order valence-corrected chi connectivity index (χ4v) is 9.82. The third-order valence-corrected chi connectivity index (χ3v) is 13.2. The molecule has 305 valence electrons. The molecule has 57 heavy (non-hydrogen) atoms. The molecule has 1 radical (unpaired) electrons. The normalized spacial score (nSPS) is 10.9. The van der Waals surface area contributed by atoms with E-state index in [2.05, 4.69) is 198 Å². The first-order valence-electron chi connectivity index (χ1n) is 19.7. The predicted molar refractivity (Wildman–Crippen MR) is 242 cm³/mol. The average Bonchev–Trinajstić information content (AvgIpc) is 3.09. The maximum atomic E-state index is 5.17. The van der Waals surface area contributed by atoms with Crippen molar-refractivity contribution in [1.82, 2.24) is 9.97 Å². The SMILES string of the molecule is Cc1ccc([C-](c2cccc(C[Si](C)C)n2)c2c(C)cc(C)cc2C)c(C)c1.Cc1ccc([C-](c2cccc([Si](C)(C)C)n2)c2c(C)cccc2C)c(C)c1.[Cu+].[Cu+]. The number of benzene rings is 4. The Morgan fingerprint density at radius 2 is 0.895 bits per heavy atom. The summed E-state index contributed by atoms with van der Waals surface area (Å²) in [6.45, 7) is 31.5. The van der Waals surface area contributed by atoms with Gasteiger partial charge in [-0.25, -0.2) is 0 Å².